The van der Waals surface area contributed by atoms with Crippen molar-refractivity contribution in [1.82, 2.24) is 14.5 Å². The van der Waals surface area contributed by atoms with Gasteiger partial charge in [0.15, 0.2) is 0 Å². The zero-order valence-corrected chi connectivity index (χ0v) is 20.9. The second-order valence-electron chi connectivity index (χ2n) is 9.70. The summed E-state index contributed by atoms with van der Waals surface area (Å²) in [7, 11) is -1.89. The highest BCUT2D eigenvalue weighted by atomic mass is 32.2. The Morgan fingerprint density at radius 2 is 1.68 bits per heavy atom. The maximum atomic E-state index is 13.2. The molecule has 0 bridgehead atoms. The average molecular weight is 492 g/mol. The third-order valence-electron chi connectivity index (χ3n) is 7.51. The Balaban J connectivity index is 1.24. The first-order chi connectivity index (χ1) is 16.4. The summed E-state index contributed by atoms with van der Waals surface area (Å²) < 4.78 is 32.9. The van der Waals surface area contributed by atoms with Gasteiger partial charge in [-0.05, 0) is 74.6 Å². The number of carbonyl (C=O) groups is 2. The number of nitrogens with zero attached hydrogens (tertiary/aromatic N) is 2. The van der Waals surface area contributed by atoms with E-state index >= 15 is 0 Å². The van der Waals surface area contributed by atoms with Crippen molar-refractivity contribution in [3.8, 4) is 0 Å². The number of benzene rings is 1. The van der Waals surface area contributed by atoms with Crippen molar-refractivity contribution in [3.63, 3.8) is 0 Å². The predicted octanol–water partition coefficient (Wildman–Crippen LogP) is 1.97. The van der Waals surface area contributed by atoms with Gasteiger partial charge in [0.05, 0.1) is 4.90 Å². The molecule has 0 radical (unpaired) electrons. The first-order valence-electron chi connectivity index (χ1n) is 12.6. The summed E-state index contributed by atoms with van der Waals surface area (Å²) in [6.07, 6.45) is 6.29. The minimum Gasteiger partial charge on any atom is -0.385 e. The number of hydrogen-bond acceptors (Lipinski definition) is 5. The zero-order valence-electron chi connectivity index (χ0n) is 20.1. The van der Waals surface area contributed by atoms with Crippen LogP contribution in [0.25, 0.3) is 0 Å². The second kappa shape index (κ2) is 11.2. The topological polar surface area (TPSA) is 96.0 Å². The molecule has 1 aliphatic carbocycles. The van der Waals surface area contributed by atoms with Gasteiger partial charge in [-0.2, -0.15) is 4.31 Å². The second-order valence-corrected chi connectivity index (χ2v) is 11.6. The maximum Gasteiger partial charge on any atom is 0.243 e. The van der Waals surface area contributed by atoms with E-state index in [9.17, 15) is 18.0 Å². The van der Waals surface area contributed by atoms with Gasteiger partial charge in [-0.15, -0.1) is 0 Å². The highest BCUT2D eigenvalue weighted by molar-refractivity contribution is 7.89. The summed E-state index contributed by atoms with van der Waals surface area (Å²) in [5.74, 6) is -0.0291. The molecule has 0 saturated carbocycles. The van der Waals surface area contributed by atoms with E-state index in [1.165, 1.54) is 9.87 Å². The summed E-state index contributed by atoms with van der Waals surface area (Å²) in [4.78, 5) is 27.6. The van der Waals surface area contributed by atoms with Crippen LogP contribution in [-0.2, 0) is 37.2 Å². The largest absolute Gasteiger partial charge is 0.385 e. The molecule has 2 heterocycles. The maximum absolute atomic E-state index is 13.2. The van der Waals surface area contributed by atoms with Crippen molar-refractivity contribution in [2.75, 3.05) is 46.4 Å². The van der Waals surface area contributed by atoms with Crippen molar-refractivity contribution in [2.45, 2.75) is 56.3 Å². The van der Waals surface area contributed by atoms with Gasteiger partial charge in [0.25, 0.3) is 0 Å². The van der Waals surface area contributed by atoms with Crippen LogP contribution >= 0.6 is 0 Å². The summed E-state index contributed by atoms with van der Waals surface area (Å²) in [6.45, 7) is 3.15. The van der Waals surface area contributed by atoms with Crippen molar-refractivity contribution < 1.29 is 22.7 Å². The normalized spacial score (nSPS) is 20.3. The van der Waals surface area contributed by atoms with Crippen molar-refractivity contribution in [1.29, 1.82) is 0 Å². The molecule has 188 valence electrons. The van der Waals surface area contributed by atoms with Crippen molar-refractivity contribution >= 4 is 21.8 Å². The quantitative estimate of drug-likeness (QED) is 0.561. The van der Waals surface area contributed by atoms with E-state index in [2.05, 4.69) is 5.32 Å². The molecule has 0 unspecified atom stereocenters. The lowest BCUT2D eigenvalue weighted by molar-refractivity contribution is -0.140. The Morgan fingerprint density at radius 3 is 2.38 bits per heavy atom. The number of amides is 2. The Labute approximate surface area is 203 Å². The average Bonchev–Trinajstić information content (AvgIpc) is 3.34. The molecule has 8 nitrogen and oxygen atoms in total. The highest BCUT2D eigenvalue weighted by Gasteiger charge is 2.36. The summed E-state index contributed by atoms with van der Waals surface area (Å²) in [5, 5.41) is 2.96. The molecule has 0 spiro atoms. The van der Waals surface area contributed by atoms with Crippen LogP contribution in [0.5, 0.6) is 0 Å². The molecule has 0 aromatic heterocycles. The van der Waals surface area contributed by atoms with Gasteiger partial charge in [-0.3, -0.25) is 9.59 Å². The lowest BCUT2D eigenvalue weighted by atomic mass is 9.92. The number of ether oxygens (including phenoxy) is 1. The molecule has 2 fully saturated rings. The number of piperidine rings is 2. The monoisotopic (exact) mass is 491 g/mol. The van der Waals surface area contributed by atoms with E-state index < -0.39 is 10.0 Å². The molecule has 0 atom stereocenters. The van der Waals surface area contributed by atoms with Crippen molar-refractivity contribution in [2.24, 2.45) is 11.8 Å². The fourth-order valence-electron chi connectivity index (χ4n) is 5.39. The van der Waals surface area contributed by atoms with E-state index in [0.29, 0.717) is 69.9 Å². The van der Waals surface area contributed by atoms with E-state index in [0.717, 1.165) is 31.2 Å². The number of aryl methyl sites for hydroxylation is 2. The van der Waals surface area contributed by atoms with Gasteiger partial charge in [0, 0.05) is 58.3 Å². The van der Waals surface area contributed by atoms with Crippen LogP contribution in [0.1, 0.15) is 49.7 Å². The zero-order chi connectivity index (χ0) is 24.1. The van der Waals surface area contributed by atoms with Gasteiger partial charge in [-0.1, -0.05) is 6.07 Å². The Kier molecular flexibility index (Phi) is 8.26. The van der Waals surface area contributed by atoms with Crippen LogP contribution in [0.4, 0.5) is 0 Å². The predicted molar refractivity (Wildman–Crippen MR) is 129 cm³/mol. The van der Waals surface area contributed by atoms with Gasteiger partial charge < -0.3 is 15.0 Å². The molecular weight excluding hydrogens is 454 g/mol. The van der Waals surface area contributed by atoms with Crippen LogP contribution in [0, 0.1) is 11.8 Å². The molecule has 2 saturated heterocycles. The lowest BCUT2D eigenvalue weighted by Gasteiger charge is -2.36. The minimum absolute atomic E-state index is 0.0501. The minimum atomic E-state index is -3.53. The fourth-order valence-corrected chi connectivity index (χ4v) is 6.91. The number of methoxy groups -OCH3 is 1. The molecule has 4 rings (SSSR count). The Hall–Kier alpha value is -1.97. The molecule has 9 heteroatoms. The molecule has 3 aliphatic rings. The third kappa shape index (κ3) is 5.63. The molecular formula is C25H37N3O5S. The number of rotatable bonds is 8. The summed E-state index contributed by atoms with van der Waals surface area (Å²) in [5.41, 5.74) is 2.41. The van der Waals surface area contributed by atoms with Crippen LogP contribution < -0.4 is 5.32 Å². The van der Waals surface area contributed by atoms with Crippen molar-refractivity contribution in [3.05, 3.63) is 29.3 Å². The standard InChI is InChI=1S/C25H37N3O5S/c1-33-17-3-12-26-24(29)20-8-13-27(14-9-20)25(30)21-10-15-28(16-11-21)34(31,32)23-7-6-19-4-2-5-22(19)18-23/h6-7,18,20-21H,2-5,8-17H2,1H3,(H,26,29). The summed E-state index contributed by atoms with van der Waals surface area (Å²) in [6, 6.07) is 5.52. The van der Waals surface area contributed by atoms with Gasteiger partial charge in [0.2, 0.25) is 21.8 Å². The molecule has 1 aromatic carbocycles. The van der Waals surface area contributed by atoms with E-state index in [1.54, 1.807) is 13.2 Å². The number of nitrogens with one attached hydrogen (secondary N) is 1. The number of likely N-dealkylation sites (tertiary alicyclic amines) is 1. The van der Waals surface area contributed by atoms with Gasteiger partial charge >= 0.3 is 0 Å². The summed E-state index contributed by atoms with van der Waals surface area (Å²) >= 11 is 0. The van der Waals surface area contributed by atoms with Gasteiger partial charge in [-0.25, -0.2) is 8.42 Å². The fraction of sp³-hybridized carbons (Fsp3) is 0.680. The van der Waals surface area contributed by atoms with Crippen LogP contribution in [-0.4, -0.2) is 75.9 Å². The van der Waals surface area contributed by atoms with Crippen LogP contribution in [0.15, 0.2) is 23.1 Å². The van der Waals surface area contributed by atoms with E-state index in [-0.39, 0.29) is 23.7 Å². The smallest absolute Gasteiger partial charge is 0.243 e. The SMILES string of the molecule is COCCCNC(=O)C1CCN(C(=O)C2CCN(S(=O)(=O)c3ccc4c(c3)CCC4)CC2)CC1. The molecule has 1 N–H and O–H groups in total. The highest BCUT2D eigenvalue weighted by Crippen LogP contribution is 2.30. The number of hydrogen-bond donors (Lipinski definition) is 1. The van der Waals surface area contributed by atoms with Gasteiger partial charge in [0.1, 0.15) is 0 Å². The third-order valence-corrected chi connectivity index (χ3v) is 9.41. The Morgan fingerprint density at radius 1 is 1.00 bits per heavy atom. The molecule has 2 amide bonds. The number of carbonyl (C=O) groups excluding carboxylic acids is 2. The van der Waals surface area contributed by atoms with Crippen LogP contribution in [0.2, 0.25) is 0 Å². The van der Waals surface area contributed by atoms with E-state index in [1.807, 2.05) is 17.0 Å². The Bertz CT molecular complexity index is 980. The number of fused-ring (bicyclic) bond motifs is 1. The molecule has 2 aliphatic heterocycles. The first kappa shape index (κ1) is 25.1. The number of sulfonamides is 1. The van der Waals surface area contributed by atoms with Crippen LogP contribution in [0.3, 0.4) is 0 Å². The van der Waals surface area contributed by atoms with E-state index in [4.69, 9.17) is 4.74 Å². The lowest BCUT2D eigenvalue weighted by Crippen LogP contribution is -2.48. The molecule has 34 heavy (non-hydrogen) atoms. The first-order valence-corrected chi connectivity index (χ1v) is 14.0. The molecule has 1 aromatic rings.